The molecule has 27 heavy (non-hydrogen) atoms. The van der Waals surface area contributed by atoms with Crippen LogP contribution in [0.4, 0.5) is 0 Å². The normalized spacial score (nSPS) is 12.6. The first-order valence-electron chi connectivity index (χ1n) is 9.16. The Morgan fingerprint density at radius 1 is 1.07 bits per heavy atom. The van der Waals surface area contributed by atoms with Gasteiger partial charge in [-0.1, -0.05) is 26.0 Å². The summed E-state index contributed by atoms with van der Waals surface area (Å²) in [5, 5.41) is 7.37. The van der Waals surface area contributed by atoms with Gasteiger partial charge in [-0.15, -0.1) is 0 Å². The smallest absolute Gasteiger partial charge is 0.251 e. The number of nitrogens with zero attached hydrogens (tertiary/aromatic N) is 5. The predicted molar refractivity (Wildman–Crippen MR) is 104 cm³/mol. The molecule has 1 amide bonds. The van der Waals surface area contributed by atoms with Gasteiger partial charge in [0.05, 0.1) is 6.04 Å². The summed E-state index contributed by atoms with van der Waals surface area (Å²) < 4.78 is 3.80. The van der Waals surface area contributed by atoms with E-state index in [0.717, 1.165) is 17.2 Å². The molecule has 1 atom stereocenters. The summed E-state index contributed by atoms with van der Waals surface area (Å²) in [7, 11) is 1.93. The van der Waals surface area contributed by atoms with Gasteiger partial charge in [-0.25, -0.2) is 14.6 Å². The Morgan fingerprint density at radius 2 is 1.78 bits per heavy atom. The minimum absolute atomic E-state index is 0.117. The minimum atomic E-state index is -0.152. The Kier molecular flexibility index (Phi) is 5.39. The summed E-state index contributed by atoms with van der Waals surface area (Å²) in [6.07, 6.45) is 5.18. The van der Waals surface area contributed by atoms with Crippen LogP contribution >= 0.6 is 0 Å². The zero-order valence-electron chi connectivity index (χ0n) is 16.4. The van der Waals surface area contributed by atoms with Crippen LogP contribution in [0.5, 0.6) is 0 Å². The zero-order valence-corrected chi connectivity index (χ0v) is 16.4. The van der Waals surface area contributed by atoms with E-state index >= 15 is 0 Å². The monoisotopic (exact) mass is 366 g/mol. The number of imidazole rings is 1. The van der Waals surface area contributed by atoms with E-state index in [4.69, 9.17) is 0 Å². The summed E-state index contributed by atoms with van der Waals surface area (Å²) in [6.45, 7) is 8.26. The van der Waals surface area contributed by atoms with Crippen molar-refractivity contribution in [2.24, 2.45) is 13.0 Å². The van der Waals surface area contributed by atoms with Gasteiger partial charge in [0.25, 0.3) is 5.91 Å². The van der Waals surface area contributed by atoms with Crippen molar-refractivity contribution in [3.63, 3.8) is 0 Å². The van der Waals surface area contributed by atoms with E-state index in [-0.39, 0.29) is 23.9 Å². The fourth-order valence-corrected chi connectivity index (χ4v) is 3.04. The highest BCUT2D eigenvalue weighted by Crippen LogP contribution is 2.22. The van der Waals surface area contributed by atoms with Crippen molar-refractivity contribution in [1.82, 2.24) is 29.6 Å². The molecule has 0 radical (unpaired) electrons. The van der Waals surface area contributed by atoms with Crippen LogP contribution in [0.3, 0.4) is 0 Å². The molecule has 0 bridgehead atoms. The highest BCUT2D eigenvalue weighted by molar-refractivity contribution is 5.94. The average Bonchev–Trinajstić information content (AvgIpc) is 3.28. The molecule has 2 heterocycles. The highest BCUT2D eigenvalue weighted by Gasteiger charge is 2.22. The van der Waals surface area contributed by atoms with Crippen LogP contribution in [-0.2, 0) is 7.05 Å². The van der Waals surface area contributed by atoms with Crippen LogP contribution in [0, 0.1) is 5.92 Å². The lowest BCUT2D eigenvalue weighted by molar-refractivity contribution is 0.0922. The molecule has 142 valence electrons. The maximum atomic E-state index is 12.8. The van der Waals surface area contributed by atoms with Crippen LogP contribution in [0.1, 0.15) is 56.0 Å². The molecule has 1 aromatic carbocycles. The minimum Gasteiger partial charge on any atom is -0.342 e. The second-order valence-corrected chi connectivity index (χ2v) is 7.29. The summed E-state index contributed by atoms with van der Waals surface area (Å²) in [5.41, 5.74) is 1.54. The van der Waals surface area contributed by atoms with Gasteiger partial charge in [0.15, 0.2) is 5.82 Å². The Morgan fingerprint density at radius 3 is 2.33 bits per heavy atom. The summed E-state index contributed by atoms with van der Waals surface area (Å²) in [6, 6.07) is 7.52. The lowest BCUT2D eigenvalue weighted by atomic mass is 10.0. The molecule has 7 nitrogen and oxygen atoms in total. The topological polar surface area (TPSA) is 77.6 Å². The second kappa shape index (κ2) is 7.73. The molecule has 0 aliphatic heterocycles. The summed E-state index contributed by atoms with van der Waals surface area (Å²) >= 11 is 0. The van der Waals surface area contributed by atoms with Crippen LogP contribution in [0.2, 0.25) is 0 Å². The third-order valence-corrected chi connectivity index (χ3v) is 4.56. The number of hydrogen-bond donors (Lipinski definition) is 1. The van der Waals surface area contributed by atoms with E-state index in [0.29, 0.717) is 5.56 Å². The number of benzene rings is 1. The molecule has 0 fully saturated rings. The number of aromatic nitrogens is 5. The zero-order chi connectivity index (χ0) is 19.6. The van der Waals surface area contributed by atoms with Gasteiger partial charge in [0.1, 0.15) is 12.2 Å². The number of amides is 1. The third kappa shape index (κ3) is 3.92. The van der Waals surface area contributed by atoms with Gasteiger partial charge in [-0.3, -0.25) is 4.79 Å². The Hall–Kier alpha value is -2.96. The number of hydrogen-bond acceptors (Lipinski definition) is 4. The van der Waals surface area contributed by atoms with Crippen molar-refractivity contribution in [2.45, 2.75) is 39.8 Å². The van der Waals surface area contributed by atoms with Gasteiger partial charge in [0, 0.05) is 36.6 Å². The van der Waals surface area contributed by atoms with Crippen molar-refractivity contribution in [3.05, 3.63) is 54.4 Å². The first-order chi connectivity index (χ1) is 12.9. The largest absolute Gasteiger partial charge is 0.342 e. The van der Waals surface area contributed by atoms with Crippen molar-refractivity contribution in [3.8, 4) is 11.4 Å². The van der Waals surface area contributed by atoms with Crippen molar-refractivity contribution < 1.29 is 4.79 Å². The van der Waals surface area contributed by atoms with E-state index < -0.39 is 0 Å². The Labute approximate surface area is 159 Å². The lowest BCUT2D eigenvalue weighted by Gasteiger charge is -2.22. The number of carbonyl (C=O) groups is 1. The summed E-state index contributed by atoms with van der Waals surface area (Å²) in [5.74, 6) is 1.75. The maximum Gasteiger partial charge on any atom is 0.251 e. The summed E-state index contributed by atoms with van der Waals surface area (Å²) in [4.78, 5) is 21.5. The predicted octanol–water partition coefficient (Wildman–Crippen LogP) is 3.39. The van der Waals surface area contributed by atoms with E-state index in [9.17, 15) is 4.79 Å². The van der Waals surface area contributed by atoms with E-state index in [1.807, 2.05) is 46.8 Å². The van der Waals surface area contributed by atoms with E-state index in [1.54, 1.807) is 12.5 Å². The fraction of sp³-hybridized carbons (Fsp3) is 0.400. The molecule has 7 heteroatoms. The highest BCUT2D eigenvalue weighted by atomic mass is 16.1. The van der Waals surface area contributed by atoms with Gasteiger partial charge in [0.2, 0.25) is 0 Å². The molecule has 0 aliphatic carbocycles. The van der Waals surface area contributed by atoms with Crippen molar-refractivity contribution >= 4 is 5.91 Å². The number of aryl methyl sites for hydroxylation is 1. The molecular formula is C20H26N6O. The van der Waals surface area contributed by atoms with Crippen LogP contribution in [0.25, 0.3) is 11.4 Å². The standard InChI is InChI=1S/C20H26N6O/c1-13(2)17(19-21-10-11-25(19)5)24-20(27)16-8-6-15(7-9-16)18-22-12-23-26(18)14(3)4/h6-14,17H,1-5H3,(H,24,27)/t17-/m1/s1. The molecular weight excluding hydrogens is 340 g/mol. The number of rotatable bonds is 6. The molecule has 3 aromatic rings. The number of nitrogens with one attached hydrogen (secondary N) is 1. The van der Waals surface area contributed by atoms with Crippen LogP contribution in [-0.4, -0.2) is 30.2 Å². The quantitative estimate of drug-likeness (QED) is 0.725. The van der Waals surface area contributed by atoms with Crippen LogP contribution in [0.15, 0.2) is 43.0 Å². The molecule has 0 saturated carbocycles. The van der Waals surface area contributed by atoms with Gasteiger partial charge >= 0.3 is 0 Å². The lowest BCUT2D eigenvalue weighted by Crippen LogP contribution is -2.33. The molecule has 2 aromatic heterocycles. The van der Waals surface area contributed by atoms with E-state index in [2.05, 4.69) is 48.1 Å². The maximum absolute atomic E-state index is 12.8. The molecule has 1 N–H and O–H groups in total. The molecule has 0 spiro atoms. The average molecular weight is 366 g/mol. The van der Waals surface area contributed by atoms with Crippen molar-refractivity contribution in [2.75, 3.05) is 0 Å². The van der Waals surface area contributed by atoms with Gasteiger partial charge in [-0.05, 0) is 31.9 Å². The number of carbonyl (C=O) groups excluding carboxylic acids is 1. The van der Waals surface area contributed by atoms with E-state index in [1.165, 1.54) is 0 Å². The molecule has 3 rings (SSSR count). The van der Waals surface area contributed by atoms with Gasteiger partial charge < -0.3 is 9.88 Å². The Balaban J connectivity index is 1.79. The first-order valence-corrected chi connectivity index (χ1v) is 9.16. The molecule has 0 unspecified atom stereocenters. The van der Waals surface area contributed by atoms with Crippen LogP contribution < -0.4 is 5.32 Å². The van der Waals surface area contributed by atoms with Crippen molar-refractivity contribution in [1.29, 1.82) is 0 Å². The molecule has 0 aliphatic rings. The molecule has 0 saturated heterocycles. The fourth-order valence-electron chi connectivity index (χ4n) is 3.04. The third-order valence-electron chi connectivity index (χ3n) is 4.56. The second-order valence-electron chi connectivity index (χ2n) is 7.29. The first kappa shape index (κ1) is 18.8. The Bertz CT molecular complexity index is 907. The van der Waals surface area contributed by atoms with Gasteiger partial charge in [-0.2, -0.15) is 5.10 Å². The SMILES string of the molecule is CC(C)[C@@H](NC(=O)c1ccc(-c2ncnn2C(C)C)cc1)c1nccn1C.